The van der Waals surface area contributed by atoms with Gasteiger partial charge in [-0.3, -0.25) is 9.59 Å². The molecule has 27 heavy (non-hydrogen) atoms. The van der Waals surface area contributed by atoms with Crippen LogP contribution in [0.15, 0.2) is 24.3 Å². The lowest BCUT2D eigenvalue weighted by molar-refractivity contribution is -0.135. The average Bonchev–Trinajstić information content (AvgIpc) is 2.61. The van der Waals surface area contributed by atoms with Crippen molar-refractivity contribution in [3.63, 3.8) is 0 Å². The zero-order chi connectivity index (χ0) is 20.1. The van der Waals surface area contributed by atoms with Crippen LogP contribution in [-0.2, 0) is 11.4 Å². The maximum absolute atomic E-state index is 14.3. The number of benzene rings is 2. The minimum Gasteiger partial charge on any atom is -0.486 e. The van der Waals surface area contributed by atoms with Gasteiger partial charge in [0, 0.05) is 23.2 Å². The van der Waals surface area contributed by atoms with E-state index >= 15 is 0 Å². The van der Waals surface area contributed by atoms with Crippen molar-refractivity contribution in [3.05, 3.63) is 56.3 Å². The van der Waals surface area contributed by atoms with Gasteiger partial charge >= 0.3 is 5.97 Å². The van der Waals surface area contributed by atoms with Gasteiger partial charge in [0.25, 0.3) is 5.91 Å². The summed E-state index contributed by atoms with van der Waals surface area (Å²) in [6, 6.07) is 5.39. The van der Waals surface area contributed by atoms with E-state index in [1.54, 1.807) is 7.05 Å². The molecule has 144 valence electrons. The highest BCUT2D eigenvalue weighted by Crippen LogP contribution is 2.35. The third-order valence-corrected chi connectivity index (χ3v) is 4.19. The fourth-order valence-corrected chi connectivity index (χ4v) is 3.01. The first-order chi connectivity index (χ1) is 12.7. The van der Waals surface area contributed by atoms with Crippen LogP contribution in [0.4, 0.5) is 10.1 Å². The number of carbonyl (C=O) groups excluding carboxylic acids is 1. The summed E-state index contributed by atoms with van der Waals surface area (Å²) in [7, 11) is 1.56. The fourth-order valence-electron chi connectivity index (χ4n) is 2.17. The van der Waals surface area contributed by atoms with Crippen molar-refractivity contribution < 1.29 is 23.8 Å². The smallest absolute Gasteiger partial charge is 0.322 e. The molecular formula is C17H14Cl3FN2O4. The average molecular weight is 436 g/mol. The Morgan fingerprint density at radius 3 is 2.33 bits per heavy atom. The molecule has 2 aromatic carbocycles. The summed E-state index contributed by atoms with van der Waals surface area (Å²) in [5.41, 5.74) is 0.455. The molecule has 0 spiro atoms. The number of hydrogen-bond acceptors (Lipinski definition) is 4. The van der Waals surface area contributed by atoms with Crippen LogP contribution in [0.1, 0.15) is 15.9 Å². The van der Waals surface area contributed by atoms with Crippen LogP contribution in [0.2, 0.25) is 15.1 Å². The fraction of sp³-hybridized carbons (Fsp3) is 0.176. The van der Waals surface area contributed by atoms with Gasteiger partial charge in [0.15, 0.2) is 11.6 Å². The van der Waals surface area contributed by atoms with E-state index in [1.807, 2.05) is 0 Å². The normalized spacial score (nSPS) is 10.4. The first-order valence-corrected chi connectivity index (χ1v) is 8.63. The minimum absolute atomic E-state index is 0.0132. The number of amides is 1. The van der Waals surface area contributed by atoms with Gasteiger partial charge in [0.1, 0.15) is 13.2 Å². The quantitative estimate of drug-likeness (QED) is 0.606. The molecule has 6 nitrogen and oxygen atoms in total. The number of carboxylic acid groups (broad SMARTS) is 1. The number of carboxylic acids is 1. The van der Waals surface area contributed by atoms with Crippen molar-refractivity contribution >= 4 is 52.4 Å². The number of anilines is 1. The van der Waals surface area contributed by atoms with Crippen molar-refractivity contribution in [2.45, 2.75) is 6.61 Å². The molecule has 2 aromatic rings. The third-order valence-electron chi connectivity index (χ3n) is 3.41. The third kappa shape index (κ3) is 5.38. The van der Waals surface area contributed by atoms with Gasteiger partial charge in [-0.05, 0) is 24.3 Å². The first-order valence-electron chi connectivity index (χ1n) is 7.50. The van der Waals surface area contributed by atoms with E-state index in [2.05, 4.69) is 10.6 Å². The van der Waals surface area contributed by atoms with E-state index in [1.165, 1.54) is 24.3 Å². The Morgan fingerprint density at radius 1 is 1.15 bits per heavy atom. The van der Waals surface area contributed by atoms with Gasteiger partial charge in [0.05, 0.1) is 15.7 Å². The van der Waals surface area contributed by atoms with Crippen LogP contribution >= 0.6 is 34.8 Å². The summed E-state index contributed by atoms with van der Waals surface area (Å²) >= 11 is 18.2. The molecule has 0 aliphatic rings. The monoisotopic (exact) mass is 434 g/mol. The van der Waals surface area contributed by atoms with E-state index in [9.17, 15) is 14.0 Å². The van der Waals surface area contributed by atoms with E-state index in [-0.39, 0.29) is 39.2 Å². The predicted molar refractivity (Wildman–Crippen MR) is 102 cm³/mol. The molecule has 0 saturated heterocycles. The second-order valence-electron chi connectivity index (χ2n) is 5.31. The van der Waals surface area contributed by atoms with Crippen LogP contribution in [0.5, 0.6) is 5.75 Å². The van der Waals surface area contributed by atoms with E-state index in [0.29, 0.717) is 5.02 Å². The van der Waals surface area contributed by atoms with E-state index in [4.69, 9.17) is 44.6 Å². The van der Waals surface area contributed by atoms with Crippen molar-refractivity contribution in [2.24, 2.45) is 0 Å². The summed E-state index contributed by atoms with van der Waals surface area (Å²) in [6.45, 7) is -0.751. The largest absolute Gasteiger partial charge is 0.486 e. The minimum atomic E-state index is -1.19. The molecule has 0 saturated carbocycles. The molecule has 0 heterocycles. The summed E-state index contributed by atoms with van der Waals surface area (Å²) in [4.78, 5) is 22.4. The first kappa shape index (κ1) is 21.1. The summed E-state index contributed by atoms with van der Waals surface area (Å²) in [6.07, 6.45) is 0. The molecule has 0 aromatic heterocycles. The molecule has 0 atom stereocenters. The molecule has 3 N–H and O–H groups in total. The molecule has 0 aliphatic heterocycles. The SMILES string of the molecule is CNc1cc(Cl)cc(COc2c(Cl)cc(C(=O)NCC(=O)O)cc2Cl)c1F. The van der Waals surface area contributed by atoms with E-state index in [0.717, 1.165) is 0 Å². The Labute approximate surface area is 169 Å². The van der Waals surface area contributed by atoms with Gasteiger partial charge in [0.2, 0.25) is 0 Å². The zero-order valence-electron chi connectivity index (χ0n) is 13.9. The lowest BCUT2D eigenvalue weighted by Crippen LogP contribution is -2.29. The second-order valence-corrected chi connectivity index (χ2v) is 6.56. The maximum atomic E-state index is 14.3. The Morgan fingerprint density at radius 2 is 1.78 bits per heavy atom. The molecule has 0 bridgehead atoms. The Kier molecular flexibility index (Phi) is 7.12. The molecule has 0 unspecified atom stereocenters. The number of hydrogen-bond donors (Lipinski definition) is 3. The molecule has 2 rings (SSSR count). The van der Waals surface area contributed by atoms with Crippen molar-refractivity contribution in [3.8, 4) is 5.75 Å². The Balaban J connectivity index is 2.20. The molecule has 0 fully saturated rings. The summed E-state index contributed by atoms with van der Waals surface area (Å²) < 4.78 is 19.8. The predicted octanol–water partition coefficient (Wildman–Crippen LogP) is 4.22. The van der Waals surface area contributed by atoms with Crippen molar-refractivity contribution in [1.29, 1.82) is 0 Å². The van der Waals surface area contributed by atoms with Crippen molar-refractivity contribution in [2.75, 3.05) is 18.9 Å². The molecular weight excluding hydrogens is 422 g/mol. The molecule has 1 amide bonds. The van der Waals surface area contributed by atoms with Gasteiger partial charge in [-0.2, -0.15) is 0 Å². The van der Waals surface area contributed by atoms with Gasteiger partial charge in [-0.25, -0.2) is 4.39 Å². The lowest BCUT2D eigenvalue weighted by Gasteiger charge is -2.14. The molecule has 0 radical (unpaired) electrons. The second kappa shape index (κ2) is 9.12. The molecule has 0 aliphatic carbocycles. The number of aliphatic carboxylic acids is 1. The lowest BCUT2D eigenvalue weighted by atomic mass is 10.2. The topological polar surface area (TPSA) is 87.7 Å². The number of ether oxygens (including phenoxy) is 1. The number of carbonyl (C=O) groups is 2. The van der Waals surface area contributed by atoms with Gasteiger partial charge in [-0.15, -0.1) is 0 Å². The van der Waals surface area contributed by atoms with Crippen molar-refractivity contribution in [1.82, 2.24) is 5.32 Å². The summed E-state index contributed by atoms with van der Waals surface area (Å²) in [5, 5.41) is 13.8. The standard InChI is InChI=1S/C17H14Cl3FN2O4/c1-22-13-5-10(18)2-9(15(13)21)7-27-16-11(19)3-8(4-12(16)20)17(26)23-6-14(24)25/h2-5,22H,6-7H2,1H3,(H,23,26)(H,24,25). The Hall–Kier alpha value is -2.22. The highest BCUT2D eigenvalue weighted by Gasteiger charge is 2.16. The van der Waals surface area contributed by atoms with Crippen LogP contribution in [-0.4, -0.2) is 30.6 Å². The van der Waals surface area contributed by atoms with Crippen LogP contribution in [0.25, 0.3) is 0 Å². The number of rotatable bonds is 7. The van der Waals surface area contributed by atoms with Crippen LogP contribution in [0, 0.1) is 5.82 Å². The zero-order valence-corrected chi connectivity index (χ0v) is 16.2. The highest BCUT2D eigenvalue weighted by molar-refractivity contribution is 6.37. The summed E-state index contributed by atoms with van der Waals surface area (Å²) in [5.74, 6) is -2.32. The van der Waals surface area contributed by atoms with Crippen LogP contribution < -0.4 is 15.4 Å². The molecule has 10 heteroatoms. The number of halogens is 4. The maximum Gasteiger partial charge on any atom is 0.322 e. The highest BCUT2D eigenvalue weighted by atomic mass is 35.5. The van der Waals surface area contributed by atoms with Gasteiger partial charge in [-0.1, -0.05) is 34.8 Å². The number of nitrogens with one attached hydrogen (secondary N) is 2. The Bertz CT molecular complexity index is 870. The van der Waals surface area contributed by atoms with Gasteiger partial charge < -0.3 is 20.5 Å². The van der Waals surface area contributed by atoms with Crippen LogP contribution in [0.3, 0.4) is 0 Å². The van der Waals surface area contributed by atoms with E-state index < -0.39 is 24.2 Å².